The van der Waals surface area contributed by atoms with E-state index in [1.165, 1.54) is 29.0 Å². The van der Waals surface area contributed by atoms with E-state index in [4.69, 9.17) is 21.6 Å². The average Bonchev–Trinajstić information content (AvgIpc) is 2.84. The minimum atomic E-state index is -4.56. The first kappa shape index (κ1) is 27.4. The Kier molecular flexibility index (Phi) is 8.59. The molecule has 196 valence electrons. The Morgan fingerprint density at radius 2 is 2.08 bits per heavy atom. The molecule has 1 aromatic rings. The summed E-state index contributed by atoms with van der Waals surface area (Å²) < 4.78 is 45.4. The van der Waals surface area contributed by atoms with E-state index >= 15 is 0 Å². The van der Waals surface area contributed by atoms with E-state index in [9.17, 15) is 18.0 Å². The molecule has 1 aliphatic heterocycles. The van der Waals surface area contributed by atoms with Crippen molar-refractivity contribution in [2.45, 2.75) is 32.5 Å². The SMILES string of the molecule is COCCN1CC(N(CN)C(=N)C2C=CC(C(C)N)=CC2)=C(C)N(c2cccc(C(F)(F)F)c2)C1=O. The van der Waals surface area contributed by atoms with Gasteiger partial charge in [0, 0.05) is 31.3 Å². The largest absolute Gasteiger partial charge is 0.416 e. The van der Waals surface area contributed by atoms with Crippen molar-refractivity contribution in [2.75, 3.05) is 38.4 Å². The van der Waals surface area contributed by atoms with Gasteiger partial charge in [0.1, 0.15) is 5.84 Å². The maximum absolute atomic E-state index is 13.4. The Hall–Kier alpha value is -3.15. The summed E-state index contributed by atoms with van der Waals surface area (Å²) in [6.45, 7) is 4.10. The number of ether oxygens (including phenoxy) is 1. The van der Waals surface area contributed by atoms with Crippen LogP contribution >= 0.6 is 0 Å². The lowest BCUT2D eigenvalue weighted by Gasteiger charge is -2.42. The molecule has 8 nitrogen and oxygen atoms in total. The second-order valence-corrected chi connectivity index (χ2v) is 8.80. The fourth-order valence-electron chi connectivity index (χ4n) is 4.29. The van der Waals surface area contributed by atoms with Gasteiger partial charge in [0.2, 0.25) is 0 Å². The van der Waals surface area contributed by atoms with Crippen LogP contribution in [0.5, 0.6) is 0 Å². The molecule has 1 aromatic carbocycles. The number of benzene rings is 1. The third-order valence-corrected chi connectivity index (χ3v) is 6.36. The lowest BCUT2D eigenvalue weighted by Crippen LogP contribution is -2.53. The summed E-state index contributed by atoms with van der Waals surface area (Å²) in [6.07, 6.45) is 1.80. The number of rotatable bonds is 8. The minimum Gasteiger partial charge on any atom is -0.383 e. The van der Waals surface area contributed by atoms with Gasteiger partial charge in [-0.05, 0) is 44.0 Å². The molecule has 0 aromatic heterocycles. The first-order valence-corrected chi connectivity index (χ1v) is 11.6. The Labute approximate surface area is 209 Å². The Morgan fingerprint density at radius 1 is 1.36 bits per heavy atom. The van der Waals surface area contributed by atoms with E-state index in [0.29, 0.717) is 17.8 Å². The fourth-order valence-corrected chi connectivity index (χ4v) is 4.29. The van der Waals surface area contributed by atoms with E-state index in [1.807, 2.05) is 25.2 Å². The quantitative estimate of drug-likeness (QED) is 0.282. The molecule has 2 atom stereocenters. The number of amides is 2. The molecule has 0 bridgehead atoms. The maximum Gasteiger partial charge on any atom is 0.416 e. The summed E-state index contributed by atoms with van der Waals surface area (Å²) in [4.78, 5) is 17.7. The zero-order valence-corrected chi connectivity index (χ0v) is 20.7. The third kappa shape index (κ3) is 5.80. The summed E-state index contributed by atoms with van der Waals surface area (Å²) in [5, 5.41) is 8.89. The first-order valence-electron chi connectivity index (χ1n) is 11.6. The summed E-state index contributed by atoms with van der Waals surface area (Å²) in [5.74, 6) is -0.0310. The normalized spacial score (nSPS) is 19.5. The Balaban J connectivity index is 2.01. The van der Waals surface area contributed by atoms with Crippen molar-refractivity contribution in [3.63, 3.8) is 0 Å². The summed E-state index contributed by atoms with van der Waals surface area (Å²) >= 11 is 0. The molecule has 0 saturated heterocycles. The van der Waals surface area contributed by atoms with Crippen LogP contribution in [0, 0.1) is 11.3 Å². The number of hydrogen-bond acceptors (Lipinski definition) is 5. The van der Waals surface area contributed by atoms with Gasteiger partial charge in [0.05, 0.1) is 36.8 Å². The number of methoxy groups -OCH3 is 1. The van der Waals surface area contributed by atoms with Crippen molar-refractivity contribution in [2.24, 2.45) is 17.4 Å². The van der Waals surface area contributed by atoms with E-state index in [-0.39, 0.29) is 49.8 Å². The highest BCUT2D eigenvalue weighted by molar-refractivity contribution is 5.97. The standard InChI is InChI=1S/C25H33F3N6O2/c1-16(30)18-7-9-19(10-8-18)23(31)33(15-29)22-14-32(11-12-36-3)24(35)34(17(22)2)21-6-4-5-20(13-21)25(26,27)28/h4-9,13,16,19,31H,10-12,14-15,29-30H2,1-3H3. The van der Waals surface area contributed by atoms with Crippen LogP contribution in [-0.2, 0) is 10.9 Å². The second-order valence-electron chi connectivity index (χ2n) is 8.80. The van der Waals surface area contributed by atoms with Crippen LogP contribution in [0.3, 0.4) is 0 Å². The van der Waals surface area contributed by atoms with Crippen LogP contribution in [0.25, 0.3) is 0 Å². The number of carbonyl (C=O) groups is 1. The predicted molar refractivity (Wildman–Crippen MR) is 133 cm³/mol. The monoisotopic (exact) mass is 506 g/mol. The lowest BCUT2D eigenvalue weighted by atomic mass is 9.92. The number of hydrogen-bond donors (Lipinski definition) is 3. The van der Waals surface area contributed by atoms with Gasteiger partial charge in [0.15, 0.2) is 0 Å². The van der Waals surface area contributed by atoms with E-state index in [1.54, 1.807) is 11.8 Å². The molecule has 2 aliphatic rings. The molecule has 0 spiro atoms. The van der Waals surface area contributed by atoms with Crippen LogP contribution in [0.15, 0.2) is 59.5 Å². The third-order valence-electron chi connectivity index (χ3n) is 6.36. The molecule has 11 heteroatoms. The van der Waals surface area contributed by atoms with Gasteiger partial charge >= 0.3 is 12.2 Å². The maximum atomic E-state index is 13.4. The molecule has 0 fully saturated rings. The molecule has 1 aliphatic carbocycles. The van der Waals surface area contributed by atoms with E-state index in [2.05, 4.69) is 0 Å². The molecular formula is C25H33F3N6O2. The van der Waals surface area contributed by atoms with Crippen LogP contribution in [0.2, 0.25) is 0 Å². The van der Waals surface area contributed by atoms with Gasteiger partial charge in [-0.2, -0.15) is 13.2 Å². The van der Waals surface area contributed by atoms with Gasteiger partial charge in [-0.15, -0.1) is 0 Å². The molecule has 0 saturated carbocycles. The van der Waals surface area contributed by atoms with Crippen molar-refractivity contribution in [1.29, 1.82) is 5.41 Å². The van der Waals surface area contributed by atoms with Crippen molar-refractivity contribution >= 4 is 17.6 Å². The van der Waals surface area contributed by atoms with Gasteiger partial charge in [-0.3, -0.25) is 10.3 Å². The zero-order valence-electron chi connectivity index (χ0n) is 20.7. The molecule has 2 unspecified atom stereocenters. The molecule has 3 rings (SSSR count). The number of carbonyl (C=O) groups excluding carboxylic acids is 1. The van der Waals surface area contributed by atoms with Gasteiger partial charge in [-0.25, -0.2) is 4.79 Å². The van der Waals surface area contributed by atoms with Crippen LogP contribution in [-0.4, -0.2) is 61.2 Å². The van der Waals surface area contributed by atoms with Crippen molar-refractivity contribution < 1.29 is 22.7 Å². The van der Waals surface area contributed by atoms with Gasteiger partial charge < -0.3 is 26.0 Å². The van der Waals surface area contributed by atoms with Crippen LogP contribution in [0.4, 0.5) is 23.7 Å². The summed E-state index contributed by atoms with van der Waals surface area (Å²) in [5.41, 5.74) is 13.2. The highest BCUT2D eigenvalue weighted by Crippen LogP contribution is 2.35. The molecule has 1 heterocycles. The Bertz CT molecular complexity index is 1080. The smallest absolute Gasteiger partial charge is 0.383 e. The number of amidine groups is 1. The number of nitrogens with one attached hydrogen (secondary N) is 1. The van der Waals surface area contributed by atoms with Crippen molar-refractivity contribution in [3.8, 4) is 0 Å². The predicted octanol–water partition coefficient (Wildman–Crippen LogP) is 3.87. The number of urea groups is 1. The topological polar surface area (TPSA) is 112 Å². The highest BCUT2D eigenvalue weighted by atomic mass is 19.4. The second kappa shape index (κ2) is 11.3. The number of halogens is 3. The lowest BCUT2D eigenvalue weighted by molar-refractivity contribution is -0.137. The van der Waals surface area contributed by atoms with Crippen molar-refractivity contribution in [1.82, 2.24) is 9.80 Å². The fraction of sp³-hybridized carbons (Fsp3) is 0.440. The highest BCUT2D eigenvalue weighted by Gasteiger charge is 2.37. The van der Waals surface area contributed by atoms with Gasteiger partial charge in [-0.1, -0.05) is 24.3 Å². The number of alkyl halides is 3. The van der Waals surface area contributed by atoms with Crippen molar-refractivity contribution in [3.05, 3.63) is 65.0 Å². The minimum absolute atomic E-state index is 0.0392. The first-order chi connectivity index (χ1) is 17.0. The number of nitrogens with zero attached hydrogens (tertiary/aromatic N) is 3. The van der Waals surface area contributed by atoms with E-state index in [0.717, 1.165) is 17.7 Å². The van der Waals surface area contributed by atoms with Gasteiger partial charge in [0.25, 0.3) is 0 Å². The molecule has 2 amide bonds. The van der Waals surface area contributed by atoms with Crippen LogP contribution in [0.1, 0.15) is 25.8 Å². The zero-order chi connectivity index (χ0) is 26.6. The Morgan fingerprint density at radius 3 is 2.64 bits per heavy atom. The number of nitrogens with two attached hydrogens (primary N) is 2. The molecule has 5 N–H and O–H groups in total. The summed E-state index contributed by atoms with van der Waals surface area (Å²) in [6, 6.07) is 4.04. The van der Waals surface area contributed by atoms with E-state index < -0.39 is 17.8 Å². The number of allylic oxidation sites excluding steroid dienone is 2. The van der Waals surface area contributed by atoms with Crippen LogP contribution < -0.4 is 16.4 Å². The molecule has 0 radical (unpaired) electrons. The molecule has 36 heavy (non-hydrogen) atoms. The summed E-state index contributed by atoms with van der Waals surface area (Å²) in [7, 11) is 1.50. The number of anilines is 1. The average molecular weight is 507 g/mol. The molecular weight excluding hydrogens is 473 g/mol.